The van der Waals surface area contributed by atoms with Crippen LogP contribution < -0.4 is 11.1 Å². The van der Waals surface area contributed by atoms with E-state index in [1.54, 1.807) is 6.92 Å². The van der Waals surface area contributed by atoms with Crippen LogP contribution in [0.2, 0.25) is 0 Å². The number of hydrogen-bond donors (Lipinski definition) is 2. The third kappa shape index (κ3) is 3.75. The van der Waals surface area contributed by atoms with Gasteiger partial charge in [0.05, 0.1) is 11.1 Å². The third-order valence-corrected chi connectivity index (χ3v) is 3.92. The fourth-order valence-corrected chi connectivity index (χ4v) is 2.68. The first-order valence-corrected chi connectivity index (χ1v) is 7.91. The zero-order chi connectivity index (χ0) is 19.6. The second-order valence-electron chi connectivity index (χ2n) is 6.01. The normalized spacial score (nSPS) is 19.1. The minimum Gasteiger partial charge on any atom is -0.385 e. The number of amides is 1. The van der Waals surface area contributed by atoms with Gasteiger partial charge in [0.15, 0.2) is 0 Å². The highest BCUT2D eigenvalue weighted by atomic mass is 19.2. The van der Waals surface area contributed by atoms with Crippen molar-refractivity contribution in [2.45, 2.75) is 12.7 Å². The molecule has 0 unspecified atom stereocenters. The van der Waals surface area contributed by atoms with Crippen molar-refractivity contribution in [3.63, 3.8) is 0 Å². The summed E-state index contributed by atoms with van der Waals surface area (Å²) in [7, 11) is 0. The van der Waals surface area contributed by atoms with Gasteiger partial charge >= 0.3 is 0 Å². The Hall–Kier alpha value is -3.38. The average molecular weight is 371 g/mol. The van der Waals surface area contributed by atoms with Gasteiger partial charge in [-0.2, -0.15) is 5.26 Å². The fraction of sp³-hybridized carbons (Fsp3) is 0.222. The number of nitrogens with one attached hydrogen (secondary N) is 1. The van der Waals surface area contributed by atoms with E-state index in [0.29, 0.717) is 11.1 Å². The Morgan fingerprint density at radius 1 is 1.44 bits per heavy atom. The minimum absolute atomic E-state index is 0.0344. The molecule has 138 valence electrons. The summed E-state index contributed by atoms with van der Waals surface area (Å²) in [6.07, 6.45) is 1.27. The molecule has 1 atom stereocenters. The zero-order valence-corrected chi connectivity index (χ0v) is 14.3. The number of ether oxygens (including phenoxy) is 1. The van der Waals surface area contributed by atoms with E-state index in [2.05, 4.69) is 15.3 Å². The molecule has 2 heterocycles. The topological polar surface area (TPSA) is 113 Å². The molecule has 0 spiro atoms. The highest BCUT2D eigenvalue weighted by Crippen LogP contribution is 2.34. The number of anilines is 1. The molecule has 1 amide bonds. The zero-order valence-electron chi connectivity index (χ0n) is 14.3. The maximum atomic E-state index is 15.0. The van der Waals surface area contributed by atoms with Gasteiger partial charge in [-0.1, -0.05) is 0 Å². The summed E-state index contributed by atoms with van der Waals surface area (Å²) >= 11 is 0. The molecule has 1 aliphatic heterocycles. The first-order chi connectivity index (χ1) is 12.8. The number of rotatable bonds is 3. The van der Waals surface area contributed by atoms with Crippen molar-refractivity contribution >= 4 is 17.4 Å². The molecule has 0 aliphatic carbocycles. The van der Waals surface area contributed by atoms with E-state index >= 15 is 4.39 Å². The second kappa shape index (κ2) is 7.09. The van der Waals surface area contributed by atoms with Gasteiger partial charge in [0.2, 0.25) is 0 Å². The van der Waals surface area contributed by atoms with E-state index in [1.807, 2.05) is 6.07 Å². The van der Waals surface area contributed by atoms with Crippen molar-refractivity contribution in [2.24, 2.45) is 10.7 Å². The highest BCUT2D eigenvalue weighted by molar-refractivity contribution is 6.03. The Morgan fingerprint density at radius 3 is 2.89 bits per heavy atom. The smallest absolute Gasteiger partial charge is 0.274 e. The Morgan fingerprint density at radius 2 is 2.22 bits per heavy atom. The molecule has 2 aromatic rings. The lowest BCUT2D eigenvalue weighted by Gasteiger charge is -2.26. The molecule has 0 saturated carbocycles. The Balaban J connectivity index is 1.90. The SMILES string of the molecule is Cc1cc(C#N)cnc1C(=O)Nc1ccc(F)c([C@]2(F)COCC(N)=N2)c1. The molecule has 0 radical (unpaired) electrons. The number of pyridine rings is 1. The van der Waals surface area contributed by atoms with Crippen molar-refractivity contribution in [2.75, 3.05) is 18.5 Å². The summed E-state index contributed by atoms with van der Waals surface area (Å²) in [5.74, 6) is -3.99. The number of nitrogens with zero attached hydrogens (tertiary/aromatic N) is 3. The number of nitrogens with two attached hydrogens (primary N) is 1. The molecule has 3 N–H and O–H groups in total. The molecule has 1 aliphatic rings. The quantitative estimate of drug-likeness (QED) is 0.803. The van der Waals surface area contributed by atoms with Gasteiger partial charge in [0.25, 0.3) is 11.7 Å². The monoisotopic (exact) mass is 371 g/mol. The number of aromatic nitrogens is 1. The number of aryl methyl sites for hydroxylation is 1. The third-order valence-electron chi connectivity index (χ3n) is 3.92. The summed E-state index contributed by atoms with van der Waals surface area (Å²) in [5.41, 5.74) is 6.16. The largest absolute Gasteiger partial charge is 0.385 e. The lowest BCUT2D eigenvalue weighted by Crippen LogP contribution is -2.37. The minimum atomic E-state index is -2.48. The Bertz CT molecular complexity index is 986. The number of carbonyl (C=O) groups is 1. The summed E-state index contributed by atoms with van der Waals surface area (Å²) < 4.78 is 34.2. The highest BCUT2D eigenvalue weighted by Gasteiger charge is 2.37. The van der Waals surface area contributed by atoms with Gasteiger partial charge in [-0.3, -0.25) is 4.79 Å². The predicted octanol–water partition coefficient (Wildman–Crippen LogP) is 2.16. The van der Waals surface area contributed by atoms with Crippen molar-refractivity contribution in [1.29, 1.82) is 5.26 Å². The summed E-state index contributed by atoms with van der Waals surface area (Å²) in [6, 6.07) is 6.89. The number of alkyl halides is 1. The van der Waals surface area contributed by atoms with Crippen LogP contribution in [0.25, 0.3) is 0 Å². The summed E-state index contributed by atoms with van der Waals surface area (Å²) in [6.45, 7) is 1.11. The molecular weight excluding hydrogens is 356 g/mol. The van der Waals surface area contributed by atoms with Crippen molar-refractivity contribution in [3.8, 4) is 6.07 Å². The molecule has 0 saturated heterocycles. The van der Waals surface area contributed by atoms with Gasteiger partial charge < -0.3 is 15.8 Å². The number of carbonyl (C=O) groups excluding carboxylic acids is 1. The van der Waals surface area contributed by atoms with Crippen LogP contribution in [0.15, 0.2) is 35.5 Å². The molecular formula is C18H15F2N5O2. The van der Waals surface area contributed by atoms with Crippen LogP contribution in [0.3, 0.4) is 0 Å². The molecule has 0 fully saturated rings. The lowest BCUT2D eigenvalue weighted by atomic mass is 10.0. The van der Waals surface area contributed by atoms with E-state index in [-0.39, 0.29) is 23.8 Å². The maximum Gasteiger partial charge on any atom is 0.274 e. The van der Waals surface area contributed by atoms with E-state index in [4.69, 9.17) is 15.7 Å². The van der Waals surface area contributed by atoms with Crippen LogP contribution in [0.5, 0.6) is 0 Å². The predicted molar refractivity (Wildman–Crippen MR) is 93.3 cm³/mol. The van der Waals surface area contributed by atoms with Gasteiger partial charge in [0.1, 0.15) is 36.6 Å². The first-order valence-electron chi connectivity index (χ1n) is 7.91. The maximum absolute atomic E-state index is 15.0. The number of aliphatic imine (C=N–C) groups is 1. The molecule has 7 nitrogen and oxygen atoms in total. The van der Waals surface area contributed by atoms with Gasteiger partial charge in [-0.05, 0) is 36.8 Å². The number of halogens is 2. The van der Waals surface area contributed by atoms with E-state index in [1.165, 1.54) is 18.3 Å². The van der Waals surface area contributed by atoms with Crippen molar-refractivity contribution < 1.29 is 18.3 Å². The van der Waals surface area contributed by atoms with Gasteiger partial charge in [0, 0.05) is 11.9 Å². The van der Waals surface area contributed by atoms with Crippen LogP contribution in [0.4, 0.5) is 14.5 Å². The number of hydrogen-bond acceptors (Lipinski definition) is 6. The molecule has 0 bridgehead atoms. The Kier molecular flexibility index (Phi) is 4.83. The second-order valence-corrected chi connectivity index (χ2v) is 6.01. The van der Waals surface area contributed by atoms with Crippen molar-refractivity contribution in [3.05, 3.63) is 58.7 Å². The van der Waals surface area contributed by atoms with Crippen LogP contribution in [-0.4, -0.2) is 29.9 Å². The standard InChI is InChI=1S/C18H15F2N5O2/c1-10-4-11(6-21)7-23-16(10)17(26)24-12-2-3-14(19)13(5-12)18(20)9-27-8-15(22)25-18/h2-5,7H,8-9H2,1H3,(H2,22,25)(H,24,26)/t18-/m0/s1. The first kappa shape index (κ1) is 18.4. The van der Waals surface area contributed by atoms with Crippen LogP contribution in [0, 0.1) is 24.1 Å². The summed E-state index contributed by atoms with van der Waals surface area (Å²) in [5, 5.41) is 11.4. The van der Waals surface area contributed by atoms with E-state index in [0.717, 1.165) is 12.1 Å². The molecule has 3 rings (SSSR count). The van der Waals surface area contributed by atoms with Crippen molar-refractivity contribution in [1.82, 2.24) is 4.98 Å². The molecule has 9 heteroatoms. The van der Waals surface area contributed by atoms with Gasteiger partial charge in [-0.25, -0.2) is 18.8 Å². The number of nitriles is 1. The average Bonchev–Trinajstić information content (AvgIpc) is 2.62. The fourth-order valence-electron chi connectivity index (χ4n) is 2.68. The van der Waals surface area contributed by atoms with Gasteiger partial charge in [-0.15, -0.1) is 0 Å². The summed E-state index contributed by atoms with van der Waals surface area (Å²) in [4.78, 5) is 20.0. The molecule has 27 heavy (non-hydrogen) atoms. The molecule has 1 aromatic heterocycles. The number of benzene rings is 1. The van der Waals surface area contributed by atoms with Crippen LogP contribution >= 0.6 is 0 Å². The van der Waals surface area contributed by atoms with Crippen LogP contribution in [-0.2, 0) is 10.5 Å². The molecule has 1 aromatic carbocycles. The lowest BCUT2D eigenvalue weighted by molar-refractivity contribution is 0.0170. The van der Waals surface area contributed by atoms with E-state index in [9.17, 15) is 9.18 Å². The Labute approximate surface area is 153 Å². The van der Waals surface area contributed by atoms with E-state index < -0.39 is 29.7 Å². The van der Waals surface area contributed by atoms with Crippen LogP contribution in [0.1, 0.15) is 27.2 Å². The number of amidine groups is 1.